The number of benzene rings is 2. The van der Waals surface area contributed by atoms with Crippen molar-refractivity contribution in [3.63, 3.8) is 0 Å². The van der Waals surface area contributed by atoms with Gasteiger partial charge in [-0.15, -0.1) is 10.2 Å². The van der Waals surface area contributed by atoms with Gasteiger partial charge in [0.25, 0.3) is 0 Å². The van der Waals surface area contributed by atoms with Crippen LogP contribution in [0.4, 0.5) is 10.8 Å². The van der Waals surface area contributed by atoms with Gasteiger partial charge in [-0.25, -0.2) is 4.98 Å². The van der Waals surface area contributed by atoms with Gasteiger partial charge >= 0.3 is 5.97 Å². The summed E-state index contributed by atoms with van der Waals surface area (Å²) < 4.78 is 12.0. The summed E-state index contributed by atoms with van der Waals surface area (Å²) >= 11 is 1.47. The summed E-state index contributed by atoms with van der Waals surface area (Å²) in [6.07, 6.45) is 14.4. The highest BCUT2D eigenvalue weighted by Crippen LogP contribution is 2.32. The molecule has 0 aliphatic rings. The fourth-order valence-corrected chi connectivity index (χ4v) is 4.81. The lowest BCUT2D eigenvalue weighted by Crippen LogP contribution is -2.07. The standard InChI is InChI=1S/C29H39N3O3S/c1-3-5-6-7-8-9-10-11-12-13-14-15-28(33)35-24-18-16-23(17-19-24)31-32-29-30-26-21-20-25(34-4-2)22-27(26)36-29/h16-22H,3-15H2,1-2H3. The van der Waals surface area contributed by atoms with Gasteiger partial charge in [0.15, 0.2) is 0 Å². The quantitative estimate of drug-likeness (QED) is 0.0785. The van der Waals surface area contributed by atoms with Crippen LogP contribution in [0.25, 0.3) is 10.2 Å². The van der Waals surface area contributed by atoms with Crippen molar-refractivity contribution in [1.29, 1.82) is 0 Å². The van der Waals surface area contributed by atoms with Crippen molar-refractivity contribution in [3.05, 3.63) is 42.5 Å². The monoisotopic (exact) mass is 509 g/mol. The highest BCUT2D eigenvalue weighted by molar-refractivity contribution is 7.21. The molecule has 0 amide bonds. The second-order valence-corrected chi connectivity index (χ2v) is 10.0. The van der Waals surface area contributed by atoms with E-state index in [1.165, 1.54) is 69.1 Å². The van der Waals surface area contributed by atoms with Crippen LogP contribution in [0.1, 0.15) is 90.9 Å². The molecule has 0 spiro atoms. The normalized spacial score (nSPS) is 11.4. The van der Waals surface area contributed by atoms with E-state index in [1.54, 1.807) is 24.3 Å². The second-order valence-electron chi connectivity index (χ2n) is 9.01. The number of fused-ring (bicyclic) bond motifs is 1. The molecule has 3 rings (SSSR count). The summed E-state index contributed by atoms with van der Waals surface area (Å²) in [7, 11) is 0. The maximum atomic E-state index is 12.1. The van der Waals surface area contributed by atoms with Crippen molar-refractivity contribution in [2.24, 2.45) is 10.2 Å². The van der Waals surface area contributed by atoms with Gasteiger partial charge in [0.1, 0.15) is 11.5 Å². The van der Waals surface area contributed by atoms with Crippen LogP contribution >= 0.6 is 11.3 Å². The average Bonchev–Trinajstić information content (AvgIpc) is 3.29. The summed E-state index contributed by atoms with van der Waals surface area (Å²) in [6.45, 7) is 4.84. The number of carbonyl (C=O) groups is 1. The molecular weight excluding hydrogens is 470 g/mol. The molecule has 3 aromatic rings. The van der Waals surface area contributed by atoms with Gasteiger partial charge in [0.2, 0.25) is 5.13 Å². The summed E-state index contributed by atoms with van der Waals surface area (Å²) in [4.78, 5) is 16.6. The van der Waals surface area contributed by atoms with Gasteiger partial charge in [-0.2, -0.15) is 0 Å². The van der Waals surface area contributed by atoms with Crippen LogP contribution in [-0.2, 0) is 4.79 Å². The lowest BCUT2D eigenvalue weighted by Gasteiger charge is -2.05. The third-order valence-corrected chi connectivity index (χ3v) is 6.87. The smallest absolute Gasteiger partial charge is 0.311 e. The minimum Gasteiger partial charge on any atom is -0.494 e. The van der Waals surface area contributed by atoms with Crippen molar-refractivity contribution in [1.82, 2.24) is 4.98 Å². The SMILES string of the molecule is CCCCCCCCCCCCCC(=O)Oc1ccc(N=Nc2nc3ccc(OCC)cc3s2)cc1. The number of nitrogens with zero attached hydrogens (tertiary/aromatic N) is 3. The first-order chi connectivity index (χ1) is 17.7. The Kier molecular flexibility index (Phi) is 12.4. The minimum atomic E-state index is -0.179. The Labute approximate surface area is 219 Å². The maximum absolute atomic E-state index is 12.1. The first-order valence-corrected chi connectivity index (χ1v) is 14.3. The Hall–Kier alpha value is -2.80. The number of rotatable bonds is 17. The van der Waals surface area contributed by atoms with Gasteiger partial charge in [-0.3, -0.25) is 4.79 Å². The lowest BCUT2D eigenvalue weighted by molar-refractivity contribution is -0.134. The largest absolute Gasteiger partial charge is 0.494 e. The zero-order valence-corrected chi connectivity index (χ0v) is 22.5. The Morgan fingerprint density at radius 1 is 0.806 bits per heavy atom. The van der Waals surface area contributed by atoms with Gasteiger partial charge in [-0.1, -0.05) is 82.5 Å². The number of thiazole rings is 1. The average molecular weight is 510 g/mol. The van der Waals surface area contributed by atoms with E-state index in [4.69, 9.17) is 9.47 Å². The number of esters is 1. The van der Waals surface area contributed by atoms with Crippen LogP contribution in [-0.4, -0.2) is 17.6 Å². The van der Waals surface area contributed by atoms with Crippen molar-refractivity contribution < 1.29 is 14.3 Å². The Balaban J connectivity index is 1.32. The predicted molar refractivity (Wildman–Crippen MR) is 148 cm³/mol. The van der Waals surface area contributed by atoms with E-state index < -0.39 is 0 Å². The molecule has 6 nitrogen and oxygen atoms in total. The molecule has 0 saturated carbocycles. The number of hydrogen-bond acceptors (Lipinski definition) is 7. The fourth-order valence-electron chi connectivity index (χ4n) is 3.99. The molecule has 0 aliphatic heterocycles. The topological polar surface area (TPSA) is 73.1 Å². The van der Waals surface area contributed by atoms with Gasteiger partial charge in [0, 0.05) is 6.42 Å². The van der Waals surface area contributed by atoms with E-state index in [-0.39, 0.29) is 5.97 Å². The van der Waals surface area contributed by atoms with Crippen LogP contribution in [0.2, 0.25) is 0 Å². The highest BCUT2D eigenvalue weighted by Gasteiger charge is 2.06. The van der Waals surface area contributed by atoms with E-state index in [2.05, 4.69) is 22.1 Å². The number of unbranched alkanes of at least 4 members (excludes halogenated alkanes) is 10. The van der Waals surface area contributed by atoms with Crippen LogP contribution < -0.4 is 9.47 Å². The summed E-state index contributed by atoms with van der Waals surface area (Å²) in [5.41, 5.74) is 1.55. The van der Waals surface area contributed by atoms with Gasteiger partial charge in [-0.05, 0) is 55.8 Å². The lowest BCUT2D eigenvalue weighted by atomic mass is 10.1. The predicted octanol–water partition coefficient (Wildman–Crippen LogP) is 9.72. The van der Waals surface area contributed by atoms with Gasteiger partial charge < -0.3 is 9.47 Å². The molecule has 0 aliphatic carbocycles. The minimum absolute atomic E-state index is 0.179. The molecule has 0 atom stereocenters. The fraction of sp³-hybridized carbons (Fsp3) is 0.517. The molecular formula is C29H39N3O3S. The van der Waals surface area contributed by atoms with Crippen molar-refractivity contribution in [3.8, 4) is 11.5 Å². The molecule has 0 saturated heterocycles. The molecule has 0 bridgehead atoms. The van der Waals surface area contributed by atoms with Gasteiger partial charge in [0.05, 0.1) is 22.5 Å². The molecule has 0 fully saturated rings. The number of hydrogen-bond donors (Lipinski definition) is 0. The van der Waals surface area contributed by atoms with E-state index in [0.717, 1.165) is 28.8 Å². The third-order valence-electron chi connectivity index (χ3n) is 5.96. The first kappa shape index (κ1) is 27.8. The third kappa shape index (κ3) is 10.1. The van der Waals surface area contributed by atoms with Crippen molar-refractivity contribution in [2.45, 2.75) is 90.9 Å². The number of azo groups is 1. The Morgan fingerprint density at radius 3 is 2.11 bits per heavy atom. The summed E-state index contributed by atoms with van der Waals surface area (Å²) in [5, 5.41) is 9.10. The molecule has 0 radical (unpaired) electrons. The van der Waals surface area contributed by atoms with Crippen molar-refractivity contribution >= 4 is 38.3 Å². The number of carbonyl (C=O) groups excluding carboxylic acids is 1. The van der Waals surface area contributed by atoms with E-state index in [0.29, 0.717) is 29.6 Å². The van der Waals surface area contributed by atoms with E-state index >= 15 is 0 Å². The van der Waals surface area contributed by atoms with E-state index in [9.17, 15) is 4.79 Å². The van der Waals surface area contributed by atoms with Crippen LogP contribution in [0.5, 0.6) is 11.5 Å². The molecule has 2 aromatic carbocycles. The van der Waals surface area contributed by atoms with E-state index in [1.807, 2.05) is 25.1 Å². The van der Waals surface area contributed by atoms with Crippen LogP contribution in [0, 0.1) is 0 Å². The Morgan fingerprint density at radius 2 is 1.44 bits per heavy atom. The zero-order valence-electron chi connectivity index (χ0n) is 21.7. The molecule has 36 heavy (non-hydrogen) atoms. The molecule has 1 aromatic heterocycles. The molecule has 194 valence electrons. The molecule has 0 N–H and O–H groups in total. The Bertz CT molecular complexity index is 1080. The number of ether oxygens (including phenoxy) is 2. The summed E-state index contributed by atoms with van der Waals surface area (Å²) in [6, 6.07) is 12.9. The highest BCUT2D eigenvalue weighted by atomic mass is 32.1. The molecule has 7 heteroatoms. The first-order valence-electron chi connectivity index (χ1n) is 13.4. The van der Waals surface area contributed by atoms with Crippen LogP contribution in [0.15, 0.2) is 52.7 Å². The van der Waals surface area contributed by atoms with Crippen molar-refractivity contribution in [2.75, 3.05) is 6.61 Å². The second kappa shape index (κ2) is 16.0. The maximum Gasteiger partial charge on any atom is 0.311 e. The molecule has 1 heterocycles. The molecule has 0 unspecified atom stereocenters. The zero-order chi connectivity index (χ0) is 25.4. The van der Waals surface area contributed by atoms with Crippen LogP contribution in [0.3, 0.4) is 0 Å². The summed E-state index contributed by atoms with van der Waals surface area (Å²) in [5.74, 6) is 1.18. The number of aromatic nitrogens is 1.